The van der Waals surface area contributed by atoms with Crippen LogP contribution in [0.3, 0.4) is 0 Å². The molecule has 1 N–H and O–H groups in total. The molecule has 0 spiro atoms. The Balaban J connectivity index is 1.75. The van der Waals surface area contributed by atoms with Crippen molar-refractivity contribution >= 4 is 10.8 Å². The lowest BCUT2D eigenvalue weighted by atomic mass is 9.97. The normalized spacial score (nSPS) is 12.8. The highest BCUT2D eigenvalue weighted by Gasteiger charge is 2.35. The van der Waals surface area contributed by atoms with Crippen molar-refractivity contribution in [3.05, 3.63) is 89.8 Å². The maximum atomic E-state index is 13.7. The Morgan fingerprint density at radius 3 is 2.17 bits per heavy atom. The summed E-state index contributed by atoms with van der Waals surface area (Å²) in [6.07, 6.45) is -6.18. The summed E-state index contributed by atoms with van der Waals surface area (Å²) in [5.74, 6) is 0.0942. The Hall–Kier alpha value is -4.43. The number of rotatable bonds is 9. The zero-order valence-electron chi connectivity index (χ0n) is 24.7. The Morgan fingerprint density at radius 1 is 0.935 bits per heavy atom. The van der Waals surface area contributed by atoms with E-state index in [0.717, 1.165) is 18.3 Å². The molecule has 0 aliphatic heterocycles. The number of aliphatic hydroxyl groups excluding tert-OH is 1. The lowest BCUT2D eigenvalue weighted by molar-refractivity contribution is -0.274. The minimum atomic E-state index is -4.89. The van der Waals surface area contributed by atoms with Crippen LogP contribution in [0.4, 0.5) is 26.3 Å². The van der Waals surface area contributed by atoms with Gasteiger partial charge in [0.2, 0.25) is 0 Å². The molecule has 1 atom stereocenters. The van der Waals surface area contributed by atoms with Crippen molar-refractivity contribution in [2.45, 2.75) is 50.7 Å². The van der Waals surface area contributed by atoms with E-state index in [-0.39, 0.29) is 29.6 Å². The summed E-state index contributed by atoms with van der Waals surface area (Å²) >= 11 is 0. The van der Waals surface area contributed by atoms with Crippen LogP contribution < -0.4 is 4.74 Å². The molecule has 0 aliphatic rings. The molecule has 1 unspecified atom stereocenters. The van der Waals surface area contributed by atoms with Crippen LogP contribution in [-0.2, 0) is 30.0 Å². The third-order valence-corrected chi connectivity index (χ3v) is 8.05. The molecule has 0 saturated heterocycles. The van der Waals surface area contributed by atoms with Gasteiger partial charge in [-0.2, -0.15) is 13.2 Å². The Bertz CT molecular complexity index is 1900. The van der Waals surface area contributed by atoms with Gasteiger partial charge in [-0.3, -0.25) is 4.21 Å². The van der Waals surface area contributed by atoms with E-state index in [1.807, 2.05) is 6.92 Å². The average Bonchev–Trinajstić information content (AvgIpc) is 3.60. The number of halogens is 6. The minimum absolute atomic E-state index is 0.0461. The van der Waals surface area contributed by atoms with Crippen LogP contribution in [0.2, 0.25) is 0 Å². The summed E-state index contributed by atoms with van der Waals surface area (Å²) < 4.78 is 103. The second-order valence-corrected chi connectivity index (χ2v) is 11.7. The fraction of sp³-hybridized carbons (Fsp3) is 0.250. The van der Waals surface area contributed by atoms with Gasteiger partial charge in [-0.05, 0) is 72.5 Å². The number of hydrogen-bond acceptors (Lipinski definition) is 6. The van der Waals surface area contributed by atoms with Crippen LogP contribution in [-0.4, -0.2) is 36.5 Å². The molecule has 3 aromatic carbocycles. The number of aliphatic hydroxyl groups is 1. The van der Waals surface area contributed by atoms with E-state index in [9.17, 15) is 35.7 Å². The Kier molecular flexibility index (Phi) is 9.14. The van der Waals surface area contributed by atoms with Gasteiger partial charge in [0.1, 0.15) is 17.3 Å². The smallest absolute Gasteiger partial charge is 0.440 e. The van der Waals surface area contributed by atoms with Gasteiger partial charge in [-0.15, -0.1) is 13.2 Å². The van der Waals surface area contributed by atoms with Gasteiger partial charge in [0.05, 0.1) is 23.1 Å². The predicted octanol–water partition coefficient (Wildman–Crippen LogP) is 8.27. The monoisotopic (exact) mass is 663 g/mol. The first-order valence-electron chi connectivity index (χ1n) is 13.9. The molecule has 2 aromatic heterocycles. The van der Waals surface area contributed by atoms with Gasteiger partial charge in [0.25, 0.3) is 0 Å². The van der Waals surface area contributed by atoms with E-state index in [1.165, 1.54) is 29.9 Å². The summed E-state index contributed by atoms with van der Waals surface area (Å²) in [5.41, 5.74) is 1.80. The second kappa shape index (κ2) is 12.8. The third kappa shape index (κ3) is 7.02. The predicted molar refractivity (Wildman–Crippen MR) is 159 cm³/mol. The first-order valence-corrected chi connectivity index (χ1v) is 15.5. The largest absolute Gasteiger partial charge is 0.573 e. The molecule has 7 nitrogen and oxygen atoms in total. The van der Waals surface area contributed by atoms with Crippen molar-refractivity contribution < 1.29 is 44.8 Å². The van der Waals surface area contributed by atoms with Gasteiger partial charge < -0.3 is 18.8 Å². The van der Waals surface area contributed by atoms with Crippen molar-refractivity contribution in [2.75, 3.05) is 6.26 Å². The standard InChI is InChI=1S/C32H27F6N3O4S/c1-4-5-28-40-29(30(44-28)19-8-11-23(12-9-19)45-32(36,37)38)24-14-20(21-6-7-22(17-42)26(15-21)46(3)43)10-13-25(24)41-16-27(31(33,34)35)39-18(41)2/h6-16,42H,4-5,17H2,1-3H3. The summed E-state index contributed by atoms with van der Waals surface area (Å²) in [6.45, 7) is 3.00. The molecule has 2 heterocycles. The zero-order valence-corrected chi connectivity index (χ0v) is 25.5. The molecule has 242 valence electrons. The molecule has 0 saturated carbocycles. The van der Waals surface area contributed by atoms with E-state index in [0.29, 0.717) is 51.4 Å². The van der Waals surface area contributed by atoms with Crippen LogP contribution in [0.1, 0.15) is 36.3 Å². The zero-order chi connectivity index (χ0) is 33.4. The van der Waals surface area contributed by atoms with Gasteiger partial charge in [-0.25, -0.2) is 9.97 Å². The van der Waals surface area contributed by atoms with Crippen molar-refractivity contribution in [1.82, 2.24) is 14.5 Å². The number of ether oxygens (including phenoxy) is 1. The van der Waals surface area contributed by atoms with E-state index in [4.69, 9.17) is 9.40 Å². The SMILES string of the molecule is CCCc1nc(-c2cc(-c3ccc(CO)c(S(C)=O)c3)ccc2-n2cc(C(F)(F)F)nc2C)c(-c2ccc(OC(F)(F)F)cc2)o1. The molecular formula is C32H27F6N3O4S. The molecule has 0 bridgehead atoms. The van der Waals surface area contributed by atoms with Gasteiger partial charge in [-0.1, -0.05) is 25.1 Å². The number of oxazole rings is 1. The number of aromatic nitrogens is 3. The van der Waals surface area contributed by atoms with Crippen LogP contribution >= 0.6 is 0 Å². The fourth-order valence-corrected chi connectivity index (χ4v) is 5.77. The lowest BCUT2D eigenvalue weighted by Crippen LogP contribution is -2.16. The Labute approximate surface area is 262 Å². The minimum Gasteiger partial charge on any atom is -0.440 e. The fourth-order valence-electron chi connectivity index (χ4n) is 4.97. The molecule has 46 heavy (non-hydrogen) atoms. The molecule has 0 fully saturated rings. The summed E-state index contributed by atoms with van der Waals surface area (Å²) in [4.78, 5) is 8.82. The average molecular weight is 664 g/mol. The first kappa shape index (κ1) is 32.9. The second-order valence-electron chi connectivity index (χ2n) is 10.3. The van der Waals surface area contributed by atoms with Crippen LogP contribution in [0.15, 0.2) is 76.2 Å². The molecule has 0 aliphatic carbocycles. The van der Waals surface area contributed by atoms with Crippen LogP contribution in [0, 0.1) is 6.92 Å². The number of hydrogen-bond donors (Lipinski definition) is 1. The number of imidazole rings is 1. The summed E-state index contributed by atoms with van der Waals surface area (Å²) in [6, 6.07) is 15.0. The topological polar surface area (TPSA) is 90.4 Å². The summed E-state index contributed by atoms with van der Waals surface area (Å²) in [7, 11) is -1.43. The van der Waals surface area contributed by atoms with Gasteiger partial charge in [0.15, 0.2) is 17.3 Å². The molecule has 14 heteroatoms. The highest BCUT2D eigenvalue weighted by atomic mass is 32.2. The van der Waals surface area contributed by atoms with E-state index < -0.39 is 34.8 Å². The third-order valence-electron chi connectivity index (χ3n) is 7.05. The molecule has 0 radical (unpaired) electrons. The lowest BCUT2D eigenvalue weighted by Gasteiger charge is -2.15. The number of benzene rings is 3. The van der Waals surface area contributed by atoms with Gasteiger partial charge in [0, 0.05) is 34.9 Å². The number of aryl methyl sites for hydroxylation is 2. The quantitative estimate of drug-likeness (QED) is 0.160. The van der Waals surface area contributed by atoms with Crippen molar-refractivity contribution in [2.24, 2.45) is 0 Å². The van der Waals surface area contributed by atoms with Crippen molar-refractivity contribution in [1.29, 1.82) is 0 Å². The Morgan fingerprint density at radius 2 is 1.59 bits per heavy atom. The maximum Gasteiger partial charge on any atom is 0.573 e. The van der Waals surface area contributed by atoms with Crippen molar-refractivity contribution in [3.63, 3.8) is 0 Å². The molecule has 5 aromatic rings. The summed E-state index contributed by atoms with van der Waals surface area (Å²) in [5, 5.41) is 9.72. The number of alkyl halides is 6. The van der Waals surface area contributed by atoms with E-state index in [1.54, 1.807) is 36.4 Å². The highest BCUT2D eigenvalue weighted by molar-refractivity contribution is 7.84. The van der Waals surface area contributed by atoms with Gasteiger partial charge >= 0.3 is 12.5 Å². The molecule has 5 rings (SSSR count). The maximum absolute atomic E-state index is 13.7. The van der Waals surface area contributed by atoms with E-state index >= 15 is 0 Å². The molecule has 0 amide bonds. The molecular weight excluding hydrogens is 636 g/mol. The number of nitrogens with zero attached hydrogens (tertiary/aromatic N) is 3. The van der Waals surface area contributed by atoms with Crippen molar-refractivity contribution in [3.8, 4) is 45.1 Å². The first-order chi connectivity index (χ1) is 21.7. The van der Waals surface area contributed by atoms with Crippen LogP contribution in [0.25, 0.3) is 39.4 Å². The van der Waals surface area contributed by atoms with E-state index in [2.05, 4.69) is 9.72 Å². The van der Waals surface area contributed by atoms with Crippen LogP contribution in [0.5, 0.6) is 5.75 Å². The highest BCUT2D eigenvalue weighted by Crippen LogP contribution is 2.40.